The van der Waals surface area contributed by atoms with Crippen LogP contribution in [-0.2, 0) is 4.74 Å². The van der Waals surface area contributed by atoms with Gasteiger partial charge in [-0.3, -0.25) is 4.90 Å². The van der Waals surface area contributed by atoms with Crippen molar-refractivity contribution in [1.82, 2.24) is 4.90 Å². The van der Waals surface area contributed by atoms with Gasteiger partial charge in [0.25, 0.3) is 0 Å². The van der Waals surface area contributed by atoms with Gasteiger partial charge in [0.2, 0.25) is 5.67 Å². The van der Waals surface area contributed by atoms with Gasteiger partial charge in [-0.2, -0.15) is 0 Å². The van der Waals surface area contributed by atoms with Crippen LogP contribution in [-0.4, -0.2) is 35.4 Å². The van der Waals surface area contributed by atoms with Crippen molar-refractivity contribution < 1.29 is 13.9 Å². The topological polar surface area (TPSA) is 29.5 Å². The quantitative estimate of drug-likeness (QED) is 0.636. The molecule has 3 nitrogen and oxygen atoms in total. The van der Waals surface area contributed by atoms with E-state index in [2.05, 4.69) is 26.7 Å². The highest BCUT2D eigenvalue weighted by Gasteiger charge is 2.46. The Bertz CT molecular complexity index is 321. The fourth-order valence-electron chi connectivity index (χ4n) is 1.18. The van der Waals surface area contributed by atoms with E-state index >= 15 is 0 Å². The van der Waals surface area contributed by atoms with Gasteiger partial charge >= 0.3 is 6.09 Å². The molecular weight excluding hydrogens is 265 g/mol. The van der Waals surface area contributed by atoms with Crippen LogP contribution in [0.2, 0.25) is 0 Å². The number of hydrogen-bond acceptors (Lipinski definition) is 2. The second kappa shape index (κ2) is 4.01. The van der Waals surface area contributed by atoms with Crippen LogP contribution in [0.4, 0.5) is 9.18 Å². The summed E-state index contributed by atoms with van der Waals surface area (Å²) >= 11 is 2.83. The average Bonchev–Trinajstić information content (AvgIpc) is 1.96. The number of alkyl halides is 1. The van der Waals surface area contributed by atoms with E-state index in [0.29, 0.717) is 0 Å². The van der Waals surface area contributed by atoms with Crippen molar-refractivity contribution in [2.24, 2.45) is 0 Å². The number of nitrogens with zero attached hydrogens (tertiary/aromatic N) is 1. The molecule has 1 heterocycles. The van der Waals surface area contributed by atoms with Crippen molar-refractivity contribution in [3.05, 3.63) is 0 Å². The molecule has 0 radical (unpaired) electrons. The maximum absolute atomic E-state index is 13.5. The Kier molecular flexibility index (Phi) is 3.29. The van der Waals surface area contributed by atoms with Crippen LogP contribution in [0.3, 0.4) is 0 Å². The minimum atomic E-state index is -1.58. The number of ether oxygens (including phenoxy) is 1. The molecule has 1 fully saturated rings. The average molecular weight is 278 g/mol. The number of likely N-dealkylation sites (tertiary alicyclic amines) is 1. The molecule has 0 saturated carbocycles. The Hall–Kier alpha value is -0.760. The van der Waals surface area contributed by atoms with Gasteiger partial charge in [0.1, 0.15) is 5.60 Å². The summed E-state index contributed by atoms with van der Waals surface area (Å²) in [6, 6.07) is 0. The SMILES string of the molecule is CC(C)(C)OC(=O)N1CC(F)(C#CBr)C1. The van der Waals surface area contributed by atoms with E-state index in [4.69, 9.17) is 4.74 Å². The number of amides is 1. The van der Waals surface area contributed by atoms with Gasteiger partial charge < -0.3 is 4.74 Å². The highest BCUT2D eigenvalue weighted by molar-refractivity contribution is 9.12. The molecule has 1 saturated heterocycles. The summed E-state index contributed by atoms with van der Waals surface area (Å²) in [5.74, 6) is 2.36. The molecule has 0 spiro atoms. The predicted molar refractivity (Wildman–Crippen MR) is 58.3 cm³/mol. The molecule has 0 atom stereocenters. The first kappa shape index (κ1) is 12.3. The molecule has 0 aromatic carbocycles. The highest BCUT2D eigenvalue weighted by Crippen LogP contribution is 2.26. The zero-order chi connectivity index (χ0) is 11.7. The van der Waals surface area contributed by atoms with E-state index in [1.807, 2.05) is 0 Å². The normalized spacial score (nSPS) is 18.6. The van der Waals surface area contributed by atoms with Crippen molar-refractivity contribution in [2.45, 2.75) is 32.0 Å². The Labute approximate surface area is 97.1 Å². The highest BCUT2D eigenvalue weighted by atomic mass is 79.9. The van der Waals surface area contributed by atoms with Gasteiger partial charge in [0.05, 0.1) is 13.1 Å². The number of carbonyl (C=O) groups excluding carboxylic acids is 1. The molecule has 84 valence electrons. The summed E-state index contributed by atoms with van der Waals surface area (Å²) in [7, 11) is 0. The first-order valence-electron chi connectivity index (χ1n) is 4.55. The molecule has 0 unspecified atom stereocenters. The second-order valence-electron chi connectivity index (χ2n) is 4.52. The van der Waals surface area contributed by atoms with E-state index in [-0.39, 0.29) is 13.1 Å². The molecule has 1 rings (SSSR count). The third-order valence-electron chi connectivity index (χ3n) is 1.81. The molecule has 5 heteroatoms. The van der Waals surface area contributed by atoms with Crippen molar-refractivity contribution in [3.63, 3.8) is 0 Å². The van der Waals surface area contributed by atoms with E-state index in [9.17, 15) is 9.18 Å². The lowest BCUT2D eigenvalue weighted by molar-refractivity contribution is -0.0270. The summed E-state index contributed by atoms with van der Waals surface area (Å²) in [6.07, 6.45) is -0.493. The van der Waals surface area contributed by atoms with Gasteiger partial charge in [0, 0.05) is 15.9 Å². The maximum atomic E-state index is 13.5. The van der Waals surface area contributed by atoms with Crippen LogP contribution < -0.4 is 0 Å². The Morgan fingerprint density at radius 2 is 2.07 bits per heavy atom. The number of hydrogen-bond donors (Lipinski definition) is 0. The minimum Gasteiger partial charge on any atom is -0.444 e. The minimum absolute atomic E-state index is 0.0273. The van der Waals surface area contributed by atoms with Crippen LogP contribution in [0.25, 0.3) is 0 Å². The molecule has 0 aromatic rings. The van der Waals surface area contributed by atoms with Gasteiger partial charge in [-0.15, -0.1) is 0 Å². The molecule has 0 aliphatic carbocycles. The van der Waals surface area contributed by atoms with Crippen molar-refractivity contribution in [3.8, 4) is 10.8 Å². The van der Waals surface area contributed by atoms with E-state index in [1.165, 1.54) is 4.90 Å². The third-order valence-corrected chi connectivity index (χ3v) is 2.00. The lowest BCUT2D eigenvalue weighted by Gasteiger charge is -2.41. The summed E-state index contributed by atoms with van der Waals surface area (Å²) < 4.78 is 18.6. The standard InChI is InChI=1S/C10H13BrFNO2/c1-9(2,3)15-8(14)13-6-10(12,7-13)4-5-11/h6-7H2,1-3H3. The fraction of sp³-hybridized carbons (Fsp3) is 0.700. The smallest absolute Gasteiger partial charge is 0.410 e. The van der Waals surface area contributed by atoms with Crippen molar-refractivity contribution >= 4 is 22.0 Å². The van der Waals surface area contributed by atoms with Crippen LogP contribution in [0, 0.1) is 10.8 Å². The lowest BCUT2D eigenvalue weighted by Crippen LogP contribution is -2.61. The fourth-order valence-corrected chi connectivity index (χ4v) is 1.53. The summed E-state index contributed by atoms with van der Waals surface area (Å²) in [4.78, 5) is 15.0. The van der Waals surface area contributed by atoms with Gasteiger partial charge in [0.15, 0.2) is 0 Å². The monoisotopic (exact) mass is 277 g/mol. The first-order valence-corrected chi connectivity index (χ1v) is 5.35. The van der Waals surface area contributed by atoms with Crippen LogP contribution in [0.5, 0.6) is 0 Å². The number of rotatable bonds is 0. The Balaban J connectivity index is 2.45. The van der Waals surface area contributed by atoms with E-state index < -0.39 is 17.4 Å². The molecule has 1 amide bonds. The number of carbonyl (C=O) groups is 1. The van der Waals surface area contributed by atoms with Crippen molar-refractivity contribution in [1.29, 1.82) is 0 Å². The van der Waals surface area contributed by atoms with Crippen LogP contribution >= 0.6 is 15.9 Å². The molecule has 0 bridgehead atoms. The van der Waals surface area contributed by atoms with Gasteiger partial charge in [-0.05, 0) is 31.5 Å². The summed E-state index contributed by atoms with van der Waals surface area (Å²) in [6.45, 7) is 5.25. The summed E-state index contributed by atoms with van der Waals surface area (Å²) in [5.41, 5.74) is -2.13. The molecule has 0 N–H and O–H groups in total. The molecule has 1 aliphatic heterocycles. The second-order valence-corrected chi connectivity index (χ2v) is 4.92. The molecule has 1 aliphatic rings. The largest absolute Gasteiger partial charge is 0.444 e. The maximum Gasteiger partial charge on any atom is 0.410 e. The third kappa shape index (κ3) is 3.38. The predicted octanol–water partition coefficient (Wildman–Crippen LogP) is 2.30. The van der Waals surface area contributed by atoms with Crippen molar-refractivity contribution in [2.75, 3.05) is 13.1 Å². The molecular formula is C10H13BrFNO2. The van der Waals surface area contributed by atoms with Gasteiger partial charge in [-0.1, -0.05) is 0 Å². The van der Waals surface area contributed by atoms with Crippen LogP contribution in [0.1, 0.15) is 20.8 Å². The van der Waals surface area contributed by atoms with E-state index in [1.54, 1.807) is 20.8 Å². The number of halogens is 2. The molecule has 0 aromatic heterocycles. The molecule has 15 heavy (non-hydrogen) atoms. The van der Waals surface area contributed by atoms with Crippen LogP contribution in [0.15, 0.2) is 0 Å². The van der Waals surface area contributed by atoms with Gasteiger partial charge in [-0.25, -0.2) is 9.18 Å². The lowest BCUT2D eigenvalue weighted by atomic mass is 9.98. The first-order chi connectivity index (χ1) is 6.76. The zero-order valence-corrected chi connectivity index (χ0v) is 10.5. The Morgan fingerprint density at radius 1 is 1.53 bits per heavy atom. The Morgan fingerprint density at radius 3 is 2.47 bits per heavy atom. The summed E-state index contributed by atoms with van der Waals surface area (Å²) in [5, 5.41) is 0. The van der Waals surface area contributed by atoms with E-state index in [0.717, 1.165) is 0 Å². The zero-order valence-electron chi connectivity index (χ0n) is 8.93.